The molecule has 0 aliphatic carbocycles. The fourth-order valence-electron chi connectivity index (χ4n) is 1.97. The van der Waals surface area contributed by atoms with Crippen LogP contribution >= 0.6 is 0 Å². The highest BCUT2D eigenvalue weighted by atomic mass is 32.2. The topological polar surface area (TPSA) is 88.1 Å². The quantitative estimate of drug-likeness (QED) is 0.746. The van der Waals surface area contributed by atoms with Crippen LogP contribution in [0.2, 0.25) is 0 Å². The molecule has 118 valence electrons. The first-order chi connectivity index (χ1) is 9.88. The average molecular weight is 316 g/mol. The maximum Gasteiger partial charge on any atom is 0.240 e. The molecule has 1 atom stereocenters. The molecule has 1 aliphatic rings. The second-order valence-corrected chi connectivity index (χ2v) is 6.84. The molecular formula is C13H20N2O5S. The van der Waals surface area contributed by atoms with Crippen LogP contribution in [0.5, 0.6) is 11.5 Å². The number of nitrogens with zero attached hydrogens (tertiary/aromatic N) is 1. The van der Waals surface area contributed by atoms with Gasteiger partial charge in [0, 0.05) is 19.2 Å². The zero-order chi connectivity index (χ0) is 15.5. The molecule has 0 bridgehead atoms. The molecule has 1 aromatic rings. The van der Waals surface area contributed by atoms with Gasteiger partial charge >= 0.3 is 0 Å². The number of benzene rings is 1. The van der Waals surface area contributed by atoms with Crippen molar-refractivity contribution in [3.8, 4) is 11.5 Å². The molecule has 0 spiro atoms. The fraction of sp³-hybridized carbons (Fsp3) is 0.538. The number of rotatable bonds is 6. The van der Waals surface area contributed by atoms with E-state index in [2.05, 4.69) is 4.72 Å². The number of hydrogen-bond acceptors (Lipinski definition) is 6. The lowest BCUT2D eigenvalue weighted by molar-refractivity contribution is 0.140. The van der Waals surface area contributed by atoms with E-state index in [1.54, 1.807) is 25.1 Å². The zero-order valence-corrected chi connectivity index (χ0v) is 12.9. The zero-order valence-electron chi connectivity index (χ0n) is 12.1. The van der Waals surface area contributed by atoms with Crippen molar-refractivity contribution < 1.29 is 23.0 Å². The predicted octanol–water partition coefficient (Wildman–Crippen LogP) is -0.341. The van der Waals surface area contributed by atoms with Crippen molar-refractivity contribution in [3.63, 3.8) is 0 Å². The molecule has 0 radical (unpaired) electrons. The van der Waals surface area contributed by atoms with Gasteiger partial charge in [-0.2, -0.15) is 0 Å². The van der Waals surface area contributed by atoms with Crippen LogP contribution in [0.4, 0.5) is 0 Å². The molecular weight excluding hydrogens is 296 g/mol. The number of ether oxygens (including phenoxy) is 2. The number of aliphatic hydroxyl groups is 1. The molecule has 0 amide bonds. The molecule has 21 heavy (non-hydrogen) atoms. The van der Waals surface area contributed by atoms with Crippen LogP contribution in [0.25, 0.3) is 0 Å². The maximum atomic E-state index is 12.2. The molecule has 0 saturated heterocycles. The van der Waals surface area contributed by atoms with Gasteiger partial charge in [-0.05, 0) is 26.2 Å². The average Bonchev–Trinajstić information content (AvgIpc) is 2.44. The van der Waals surface area contributed by atoms with Crippen LogP contribution in [0.3, 0.4) is 0 Å². The van der Waals surface area contributed by atoms with Crippen LogP contribution in [0.15, 0.2) is 23.1 Å². The number of sulfonamides is 1. The van der Waals surface area contributed by atoms with Gasteiger partial charge in [0.15, 0.2) is 11.5 Å². The minimum Gasteiger partial charge on any atom is -0.486 e. The Morgan fingerprint density at radius 3 is 2.62 bits per heavy atom. The molecule has 7 nitrogen and oxygen atoms in total. The van der Waals surface area contributed by atoms with Crippen molar-refractivity contribution in [2.45, 2.75) is 11.0 Å². The van der Waals surface area contributed by atoms with E-state index in [-0.39, 0.29) is 11.4 Å². The highest BCUT2D eigenvalue weighted by Crippen LogP contribution is 2.32. The van der Waals surface area contributed by atoms with Gasteiger partial charge in [0.05, 0.1) is 11.0 Å². The molecule has 1 heterocycles. The highest BCUT2D eigenvalue weighted by molar-refractivity contribution is 7.89. The van der Waals surface area contributed by atoms with Crippen molar-refractivity contribution in [2.75, 3.05) is 40.4 Å². The largest absolute Gasteiger partial charge is 0.486 e. The number of fused-ring (bicyclic) bond motifs is 1. The summed E-state index contributed by atoms with van der Waals surface area (Å²) in [7, 11) is -0.0805. The standard InChI is InChI=1S/C13H20N2O5S/c1-15(2)9-10(16)8-14-21(17,18)11-3-4-12-13(7-11)20-6-5-19-12/h3-4,7,10,14,16H,5-6,8-9H2,1-2H3. The van der Waals surface area contributed by atoms with Gasteiger partial charge in [0.25, 0.3) is 0 Å². The van der Waals surface area contributed by atoms with Crippen molar-refractivity contribution in [1.82, 2.24) is 9.62 Å². The van der Waals surface area contributed by atoms with Crippen molar-refractivity contribution in [1.29, 1.82) is 0 Å². The maximum absolute atomic E-state index is 12.2. The third-order valence-corrected chi connectivity index (χ3v) is 4.33. The van der Waals surface area contributed by atoms with Gasteiger partial charge in [-0.25, -0.2) is 13.1 Å². The summed E-state index contributed by atoms with van der Waals surface area (Å²) in [4.78, 5) is 1.87. The SMILES string of the molecule is CN(C)CC(O)CNS(=O)(=O)c1ccc2c(c1)OCCO2. The van der Waals surface area contributed by atoms with Gasteiger partial charge < -0.3 is 19.5 Å². The van der Waals surface area contributed by atoms with E-state index in [0.29, 0.717) is 31.3 Å². The van der Waals surface area contributed by atoms with E-state index in [1.807, 2.05) is 0 Å². The van der Waals surface area contributed by atoms with Gasteiger partial charge in [0.2, 0.25) is 10.0 Å². The van der Waals surface area contributed by atoms with Crippen LogP contribution in [0, 0.1) is 0 Å². The lowest BCUT2D eigenvalue weighted by Gasteiger charge is -2.19. The smallest absolute Gasteiger partial charge is 0.240 e. The van der Waals surface area contributed by atoms with Gasteiger partial charge in [-0.3, -0.25) is 0 Å². The molecule has 1 aromatic carbocycles. The number of aliphatic hydroxyl groups excluding tert-OH is 1. The van der Waals surface area contributed by atoms with Gasteiger partial charge in [-0.15, -0.1) is 0 Å². The summed E-state index contributed by atoms with van der Waals surface area (Å²) >= 11 is 0. The molecule has 2 N–H and O–H groups in total. The van der Waals surface area contributed by atoms with Crippen LogP contribution in [-0.4, -0.2) is 64.9 Å². The Bertz CT molecular complexity index is 588. The summed E-state index contributed by atoms with van der Waals surface area (Å²) in [6.07, 6.45) is -0.771. The second-order valence-electron chi connectivity index (χ2n) is 5.07. The third-order valence-electron chi connectivity index (χ3n) is 2.91. The van der Waals surface area contributed by atoms with E-state index >= 15 is 0 Å². The van der Waals surface area contributed by atoms with Gasteiger partial charge in [-0.1, -0.05) is 0 Å². The van der Waals surface area contributed by atoms with Crippen molar-refractivity contribution in [2.24, 2.45) is 0 Å². The first-order valence-electron chi connectivity index (χ1n) is 6.60. The summed E-state index contributed by atoms with van der Waals surface area (Å²) in [6.45, 7) is 1.18. The Balaban J connectivity index is 2.05. The summed E-state index contributed by atoms with van der Waals surface area (Å²) in [5.41, 5.74) is 0. The fourth-order valence-corrected chi connectivity index (χ4v) is 3.05. The van der Waals surface area contributed by atoms with Gasteiger partial charge in [0.1, 0.15) is 13.2 Å². The Hall–Kier alpha value is -1.35. The Kier molecular flexibility index (Phi) is 5.04. The van der Waals surface area contributed by atoms with Crippen molar-refractivity contribution in [3.05, 3.63) is 18.2 Å². The number of hydrogen-bond donors (Lipinski definition) is 2. The molecule has 1 aliphatic heterocycles. The van der Waals surface area contributed by atoms with E-state index in [9.17, 15) is 13.5 Å². The minimum atomic E-state index is -3.69. The monoisotopic (exact) mass is 316 g/mol. The predicted molar refractivity (Wildman–Crippen MR) is 77.2 cm³/mol. The van der Waals surface area contributed by atoms with Crippen LogP contribution < -0.4 is 14.2 Å². The van der Waals surface area contributed by atoms with E-state index in [4.69, 9.17) is 9.47 Å². The molecule has 0 saturated carbocycles. The number of likely N-dealkylation sites (N-methyl/N-ethyl adjacent to an activating group) is 1. The summed E-state index contributed by atoms with van der Waals surface area (Å²) in [5, 5.41) is 9.71. The van der Waals surface area contributed by atoms with Crippen molar-refractivity contribution >= 4 is 10.0 Å². The molecule has 0 fully saturated rings. The normalized spacial score (nSPS) is 16.0. The van der Waals surface area contributed by atoms with Crippen LogP contribution in [0.1, 0.15) is 0 Å². The highest BCUT2D eigenvalue weighted by Gasteiger charge is 2.20. The Morgan fingerprint density at radius 1 is 1.29 bits per heavy atom. The molecule has 8 heteroatoms. The first kappa shape index (κ1) is 16.0. The Morgan fingerprint density at radius 2 is 1.95 bits per heavy atom. The van der Waals surface area contributed by atoms with E-state index in [0.717, 1.165) is 0 Å². The summed E-state index contributed by atoms with van der Waals surface area (Å²) in [5.74, 6) is 0.950. The second kappa shape index (κ2) is 6.61. The van der Waals surface area contributed by atoms with E-state index < -0.39 is 16.1 Å². The molecule has 0 aromatic heterocycles. The Labute approximate surface area is 124 Å². The van der Waals surface area contributed by atoms with Crippen LogP contribution in [-0.2, 0) is 10.0 Å². The summed E-state index contributed by atoms with van der Waals surface area (Å²) in [6, 6.07) is 4.45. The summed E-state index contributed by atoms with van der Waals surface area (Å²) < 4.78 is 37.4. The van der Waals surface area contributed by atoms with E-state index in [1.165, 1.54) is 12.1 Å². The molecule has 2 rings (SSSR count). The lowest BCUT2D eigenvalue weighted by Crippen LogP contribution is -2.37. The minimum absolute atomic E-state index is 0.0467. The molecule has 1 unspecified atom stereocenters. The number of nitrogens with one attached hydrogen (secondary N) is 1. The lowest BCUT2D eigenvalue weighted by atomic mass is 10.3. The first-order valence-corrected chi connectivity index (χ1v) is 8.09. The third kappa shape index (κ3) is 4.31.